The molecule has 5 nitrogen and oxygen atoms in total. The largest absolute Gasteiger partial charge is 0.381 e. The molecule has 0 aromatic rings. The molecule has 1 amide bonds. The quantitative estimate of drug-likeness (QED) is 0.548. The number of carbonyl (C=O) groups is 1. The van der Waals surface area contributed by atoms with Gasteiger partial charge in [-0.3, -0.25) is 4.79 Å². The molecule has 1 aliphatic heterocycles. The molecule has 3 N–H and O–H groups in total. The molecular weight excluding hydrogens is 184 g/mol. The van der Waals surface area contributed by atoms with E-state index in [0.717, 1.165) is 6.42 Å². The van der Waals surface area contributed by atoms with Crippen LogP contribution in [0.15, 0.2) is 0 Å². The number of nitrogens with two attached hydrogens (primary N) is 1. The maximum atomic E-state index is 11.4. The van der Waals surface area contributed by atoms with Crippen molar-refractivity contribution in [2.45, 2.75) is 6.42 Å². The average molecular weight is 202 g/mol. The molecule has 0 aliphatic carbocycles. The molecule has 0 radical (unpaired) electrons. The topological polar surface area (TPSA) is 73.6 Å². The monoisotopic (exact) mass is 202 g/mol. The highest BCUT2D eigenvalue weighted by Gasteiger charge is 2.22. The molecule has 0 aromatic heterocycles. The average Bonchev–Trinajstić information content (AvgIpc) is 2.70. The molecule has 5 heteroatoms. The zero-order valence-corrected chi connectivity index (χ0v) is 8.33. The Morgan fingerprint density at radius 2 is 2.43 bits per heavy atom. The molecule has 1 saturated heterocycles. The molecule has 82 valence electrons. The van der Waals surface area contributed by atoms with Gasteiger partial charge in [0.25, 0.3) is 0 Å². The molecule has 0 bridgehead atoms. The summed E-state index contributed by atoms with van der Waals surface area (Å²) in [5, 5.41) is 2.80. The Bertz CT molecular complexity index is 169. The summed E-state index contributed by atoms with van der Waals surface area (Å²) in [5.41, 5.74) is 5.24. The number of rotatable bonds is 6. The van der Waals surface area contributed by atoms with Crippen LogP contribution in [0.4, 0.5) is 0 Å². The van der Waals surface area contributed by atoms with E-state index in [-0.39, 0.29) is 11.8 Å². The fourth-order valence-electron chi connectivity index (χ4n) is 1.32. The third-order valence-corrected chi connectivity index (χ3v) is 2.11. The van der Waals surface area contributed by atoms with E-state index in [1.807, 2.05) is 0 Å². The van der Waals surface area contributed by atoms with Crippen LogP contribution >= 0.6 is 0 Å². The normalized spacial score (nSPS) is 21.1. The van der Waals surface area contributed by atoms with Gasteiger partial charge in [-0.05, 0) is 6.42 Å². The van der Waals surface area contributed by atoms with Gasteiger partial charge in [0.2, 0.25) is 5.91 Å². The second-order valence-electron chi connectivity index (χ2n) is 3.25. The summed E-state index contributed by atoms with van der Waals surface area (Å²) in [7, 11) is 0. The summed E-state index contributed by atoms with van der Waals surface area (Å²) in [4.78, 5) is 11.4. The molecule has 1 atom stereocenters. The van der Waals surface area contributed by atoms with Gasteiger partial charge in [0.15, 0.2) is 0 Å². The van der Waals surface area contributed by atoms with Crippen molar-refractivity contribution in [1.29, 1.82) is 0 Å². The Labute approximate surface area is 83.9 Å². The van der Waals surface area contributed by atoms with Crippen molar-refractivity contribution < 1.29 is 14.3 Å². The smallest absolute Gasteiger partial charge is 0.225 e. The zero-order valence-electron chi connectivity index (χ0n) is 8.33. The summed E-state index contributed by atoms with van der Waals surface area (Å²) < 4.78 is 10.2. The summed E-state index contributed by atoms with van der Waals surface area (Å²) in [5.74, 6) is 0.100. The molecule has 1 unspecified atom stereocenters. The molecule has 0 saturated carbocycles. The van der Waals surface area contributed by atoms with E-state index in [1.165, 1.54) is 0 Å². The van der Waals surface area contributed by atoms with Gasteiger partial charge in [-0.15, -0.1) is 0 Å². The van der Waals surface area contributed by atoms with Crippen molar-refractivity contribution in [3.8, 4) is 0 Å². The van der Waals surface area contributed by atoms with Crippen LogP contribution in [0, 0.1) is 5.92 Å². The lowest BCUT2D eigenvalue weighted by molar-refractivity contribution is -0.125. The van der Waals surface area contributed by atoms with Crippen LogP contribution in [-0.4, -0.2) is 45.4 Å². The van der Waals surface area contributed by atoms with E-state index in [9.17, 15) is 4.79 Å². The zero-order chi connectivity index (χ0) is 10.2. The molecule has 1 heterocycles. The van der Waals surface area contributed by atoms with Crippen LogP contribution in [0.1, 0.15) is 6.42 Å². The van der Waals surface area contributed by atoms with Crippen LogP contribution < -0.4 is 11.1 Å². The van der Waals surface area contributed by atoms with Gasteiger partial charge in [0.05, 0.1) is 25.7 Å². The third kappa shape index (κ3) is 4.04. The fraction of sp³-hybridized carbons (Fsp3) is 0.889. The van der Waals surface area contributed by atoms with Crippen LogP contribution in [0.2, 0.25) is 0 Å². The molecule has 0 aromatic carbocycles. The Morgan fingerprint density at radius 1 is 1.57 bits per heavy atom. The minimum Gasteiger partial charge on any atom is -0.381 e. The first kappa shape index (κ1) is 11.4. The third-order valence-electron chi connectivity index (χ3n) is 2.11. The van der Waals surface area contributed by atoms with E-state index < -0.39 is 0 Å². The summed E-state index contributed by atoms with van der Waals surface area (Å²) in [6, 6.07) is 0. The van der Waals surface area contributed by atoms with Crippen molar-refractivity contribution in [2.75, 3.05) is 39.5 Å². The maximum Gasteiger partial charge on any atom is 0.225 e. The summed E-state index contributed by atoms with van der Waals surface area (Å²) >= 11 is 0. The van der Waals surface area contributed by atoms with E-state index in [2.05, 4.69) is 5.32 Å². The molecule has 14 heavy (non-hydrogen) atoms. The van der Waals surface area contributed by atoms with Gasteiger partial charge < -0.3 is 20.5 Å². The Kier molecular flexibility index (Phi) is 5.51. The van der Waals surface area contributed by atoms with Crippen molar-refractivity contribution in [3.05, 3.63) is 0 Å². The second kappa shape index (κ2) is 6.75. The highest BCUT2D eigenvalue weighted by atomic mass is 16.5. The van der Waals surface area contributed by atoms with Gasteiger partial charge in [0, 0.05) is 19.7 Å². The number of ether oxygens (including phenoxy) is 2. The van der Waals surface area contributed by atoms with Gasteiger partial charge in [-0.2, -0.15) is 0 Å². The minimum atomic E-state index is 0.0320. The maximum absolute atomic E-state index is 11.4. The first-order chi connectivity index (χ1) is 6.84. The number of nitrogens with one attached hydrogen (secondary N) is 1. The van der Waals surface area contributed by atoms with E-state index >= 15 is 0 Å². The van der Waals surface area contributed by atoms with Crippen molar-refractivity contribution in [1.82, 2.24) is 5.32 Å². The molecular formula is C9H18N2O3. The lowest BCUT2D eigenvalue weighted by Crippen LogP contribution is -2.33. The first-order valence-electron chi connectivity index (χ1n) is 4.98. The van der Waals surface area contributed by atoms with E-state index in [0.29, 0.717) is 39.5 Å². The predicted molar refractivity (Wildman–Crippen MR) is 51.8 cm³/mol. The number of hydrogen-bond acceptors (Lipinski definition) is 4. The lowest BCUT2D eigenvalue weighted by atomic mass is 10.1. The van der Waals surface area contributed by atoms with Gasteiger partial charge >= 0.3 is 0 Å². The van der Waals surface area contributed by atoms with Gasteiger partial charge in [-0.25, -0.2) is 0 Å². The number of amides is 1. The van der Waals surface area contributed by atoms with Crippen molar-refractivity contribution >= 4 is 5.91 Å². The van der Waals surface area contributed by atoms with Gasteiger partial charge in [-0.1, -0.05) is 0 Å². The fourth-order valence-corrected chi connectivity index (χ4v) is 1.32. The highest BCUT2D eigenvalue weighted by Crippen LogP contribution is 2.11. The van der Waals surface area contributed by atoms with Gasteiger partial charge in [0.1, 0.15) is 0 Å². The van der Waals surface area contributed by atoms with Crippen LogP contribution in [0.3, 0.4) is 0 Å². The minimum absolute atomic E-state index is 0.0320. The second-order valence-corrected chi connectivity index (χ2v) is 3.25. The predicted octanol–water partition coefficient (Wildman–Crippen LogP) is -0.886. The summed E-state index contributed by atoms with van der Waals surface area (Å²) in [6.07, 6.45) is 0.829. The first-order valence-corrected chi connectivity index (χ1v) is 4.98. The van der Waals surface area contributed by atoms with Crippen molar-refractivity contribution in [3.63, 3.8) is 0 Å². The standard InChI is InChI=1S/C9H18N2O3/c10-2-5-13-6-3-11-9(12)8-1-4-14-7-8/h8H,1-7,10H2,(H,11,12). The Balaban J connectivity index is 1.97. The van der Waals surface area contributed by atoms with E-state index in [1.54, 1.807) is 0 Å². The SMILES string of the molecule is NCCOCCNC(=O)C1CCOC1. The van der Waals surface area contributed by atoms with Crippen LogP contribution in [-0.2, 0) is 14.3 Å². The van der Waals surface area contributed by atoms with Crippen LogP contribution in [0.5, 0.6) is 0 Å². The Hall–Kier alpha value is -0.650. The van der Waals surface area contributed by atoms with Crippen molar-refractivity contribution in [2.24, 2.45) is 11.7 Å². The van der Waals surface area contributed by atoms with E-state index in [4.69, 9.17) is 15.2 Å². The molecule has 0 spiro atoms. The summed E-state index contributed by atoms with van der Waals surface area (Å²) in [6.45, 7) is 3.38. The highest BCUT2D eigenvalue weighted by molar-refractivity contribution is 5.78. The number of hydrogen-bond donors (Lipinski definition) is 2. The molecule has 1 rings (SSSR count). The van der Waals surface area contributed by atoms with Crippen LogP contribution in [0.25, 0.3) is 0 Å². The molecule has 1 fully saturated rings. The lowest BCUT2D eigenvalue weighted by Gasteiger charge is -2.09. The molecule has 1 aliphatic rings. The Morgan fingerprint density at radius 3 is 3.07 bits per heavy atom. The number of carbonyl (C=O) groups excluding carboxylic acids is 1.